The van der Waals surface area contributed by atoms with Crippen molar-refractivity contribution in [2.24, 2.45) is 5.73 Å². The molecule has 6 heteroatoms. The van der Waals surface area contributed by atoms with Gasteiger partial charge in [-0.25, -0.2) is 4.79 Å². The van der Waals surface area contributed by atoms with Gasteiger partial charge in [0.15, 0.2) is 0 Å². The molecule has 0 amide bonds. The van der Waals surface area contributed by atoms with Crippen LogP contribution in [-0.2, 0) is 4.84 Å². The average Bonchev–Trinajstić information content (AvgIpc) is 2.90. The van der Waals surface area contributed by atoms with Gasteiger partial charge in [-0.1, -0.05) is 22.8 Å². The number of hydrogen-bond acceptors (Lipinski definition) is 3. The summed E-state index contributed by atoms with van der Waals surface area (Å²) in [6, 6.07) is 10.3. The fourth-order valence-electron chi connectivity index (χ4n) is 1.23. The van der Waals surface area contributed by atoms with E-state index in [2.05, 4.69) is 5.16 Å². The van der Waals surface area contributed by atoms with Crippen LogP contribution in [0.1, 0.15) is 15.2 Å². The number of carbonyl (C=O) groups is 1. The van der Waals surface area contributed by atoms with Crippen LogP contribution >= 0.6 is 22.9 Å². The average molecular weight is 282 g/mol. The van der Waals surface area contributed by atoms with Gasteiger partial charge in [-0.2, -0.15) is 0 Å². The highest BCUT2D eigenvalue weighted by Gasteiger charge is 2.11. The molecule has 0 saturated heterocycles. The largest absolute Gasteiger partial charge is 0.397 e. The first-order chi connectivity index (χ1) is 8.66. The van der Waals surface area contributed by atoms with Gasteiger partial charge in [0.25, 0.3) is 0 Å². The van der Waals surface area contributed by atoms with Crippen molar-refractivity contribution >= 4 is 34.7 Å². The summed E-state index contributed by atoms with van der Waals surface area (Å²) in [5, 5.41) is 4.82. The maximum Gasteiger partial charge on any atom is 0.397 e. The van der Waals surface area contributed by atoms with E-state index < -0.39 is 5.97 Å². The van der Waals surface area contributed by atoms with Crippen molar-refractivity contribution in [3.8, 4) is 0 Å². The van der Waals surface area contributed by atoms with E-state index in [-0.39, 0.29) is 5.84 Å². The molecule has 1 aromatic heterocycles. The maximum absolute atomic E-state index is 11.5. The zero-order chi connectivity index (χ0) is 13.0. The van der Waals surface area contributed by atoms with Crippen LogP contribution < -0.4 is 10.9 Å². The third-order valence-corrected chi connectivity index (χ3v) is 3.23. The minimum atomic E-state index is -0.470. The Morgan fingerprint density at radius 1 is 1.28 bits per heavy atom. The third-order valence-electron chi connectivity index (χ3n) is 2.13. The number of halogens is 1. The Kier molecular flexibility index (Phi) is 3.96. The summed E-state index contributed by atoms with van der Waals surface area (Å²) in [4.78, 5) is 16.9. The molecule has 0 fully saturated rings. The van der Waals surface area contributed by atoms with Crippen molar-refractivity contribution in [2.45, 2.75) is 0 Å². The van der Waals surface area contributed by atoms with Crippen molar-refractivity contribution in [1.29, 1.82) is 0 Å². The van der Waals surface area contributed by atoms with Crippen molar-refractivity contribution < 1.29 is 14.8 Å². The highest BCUT2D eigenvalue weighted by atomic mass is 35.5. The number of nitrogens with two attached hydrogens (primary N) is 1. The van der Waals surface area contributed by atoms with E-state index in [4.69, 9.17) is 22.2 Å². The molecule has 2 aromatic rings. The summed E-state index contributed by atoms with van der Waals surface area (Å²) >= 11 is 7.06. The lowest BCUT2D eigenvalue weighted by Gasteiger charge is -1.96. The summed E-state index contributed by atoms with van der Waals surface area (Å²) in [6.45, 7) is 0. The second-order valence-corrected chi connectivity index (χ2v) is 4.77. The van der Waals surface area contributed by atoms with Crippen LogP contribution in [0.15, 0.2) is 41.8 Å². The van der Waals surface area contributed by atoms with Gasteiger partial charge >= 0.3 is 11.8 Å². The number of nitrogen functional groups attached to an aromatic ring is 1. The number of rotatable bonds is 3. The molecule has 0 aliphatic carbocycles. The molecule has 3 N–H and O–H groups in total. The number of thiophene rings is 1. The van der Waals surface area contributed by atoms with Crippen LogP contribution in [0.2, 0.25) is 5.02 Å². The van der Waals surface area contributed by atoms with Crippen LogP contribution in [0.3, 0.4) is 0 Å². The molecule has 0 aliphatic rings. The summed E-state index contributed by atoms with van der Waals surface area (Å²) in [7, 11) is 0. The Balaban J connectivity index is 2.05. The summed E-state index contributed by atoms with van der Waals surface area (Å²) in [5.74, 6) is -0.224. The minimum Gasteiger partial charge on any atom is -0.284 e. The van der Waals surface area contributed by atoms with Crippen molar-refractivity contribution in [1.82, 2.24) is 0 Å². The molecule has 0 saturated carbocycles. The van der Waals surface area contributed by atoms with E-state index in [1.165, 1.54) is 11.3 Å². The SMILES string of the molecule is NC(=[NH+]OC(=O)c1cccs1)c1ccc(Cl)cc1. The minimum absolute atomic E-state index is 0.247. The predicted molar refractivity (Wildman–Crippen MR) is 70.4 cm³/mol. The van der Waals surface area contributed by atoms with Gasteiger partial charge in [0, 0.05) is 5.02 Å². The standard InChI is InChI=1S/C12H9ClN2O2S/c13-9-5-3-8(4-6-9)11(14)15-17-12(16)10-2-1-7-18-10/h1-7H,(H2,14,15)/p+1. The lowest BCUT2D eigenvalue weighted by Crippen LogP contribution is -2.75. The third kappa shape index (κ3) is 3.09. The second kappa shape index (κ2) is 5.66. The molecule has 1 aromatic carbocycles. The van der Waals surface area contributed by atoms with Gasteiger partial charge < -0.3 is 0 Å². The number of carbonyl (C=O) groups excluding carboxylic acids is 1. The first-order valence-corrected chi connectivity index (χ1v) is 6.31. The highest BCUT2D eigenvalue weighted by Crippen LogP contribution is 2.09. The van der Waals surface area contributed by atoms with Crippen LogP contribution in [0, 0.1) is 0 Å². The van der Waals surface area contributed by atoms with Crippen LogP contribution in [0.25, 0.3) is 0 Å². The number of nitrogens with one attached hydrogen (secondary N) is 1. The molecular weight excluding hydrogens is 272 g/mol. The Hall–Kier alpha value is -1.85. The zero-order valence-corrected chi connectivity index (χ0v) is 10.8. The molecule has 0 spiro atoms. The van der Waals surface area contributed by atoms with Gasteiger partial charge in [0.2, 0.25) is 0 Å². The van der Waals surface area contributed by atoms with Gasteiger partial charge in [0.1, 0.15) is 4.88 Å². The fraction of sp³-hybridized carbons (Fsp3) is 0. The molecule has 18 heavy (non-hydrogen) atoms. The van der Waals surface area contributed by atoms with Crippen molar-refractivity contribution in [2.75, 3.05) is 0 Å². The molecule has 0 radical (unpaired) electrons. The fourth-order valence-corrected chi connectivity index (χ4v) is 1.96. The predicted octanol–water partition coefficient (Wildman–Crippen LogP) is 0.959. The monoisotopic (exact) mass is 281 g/mol. The van der Waals surface area contributed by atoms with Gasteiger partial charge in [-0.05, 0) is 35.7 Å². The van der Waals surface area contributed by atoms with E-state index >= 15 is 0 Å². The van der Waals surface area contributed by atoms with Crippen molar-refractivity contribution in [3.05, 3.63) is 57.2 Å². The molecule has 4 nitrogen and oxygen atoms in total. The highest BCUT2D eigenvalue weighted by molar-refractivity contribution is 7.11. The molecular formula is C12H10ClN2O2S+. The Labute approximate surface area is 113 Å². The zero-order valence-electron chi connectivity index (χ0n) is 9.22. The quantitative estimate of drug-likeness (QED) is 0.381. The van der Waals surface area contributed by atoms with Crippen molar-refractivity contribution in [3.63, 3.8) is 0 Å². The molecule has 92 valence electrons. The van der Waals surface area contributed by atoms with Crippen LogP contribution in [0.5, 0.6) is 0 Å². The normalized spacial score (nSPS) is 11.3. The summed E-state index contributed by atoms with van der Waals surface area (Å²) in [5.41, 5.74) is 6.43. The van der Waals surface area contributed by atoms with E-state index in [1.54, 1.807) is 41.8 Å². The molecule has 0 aliphatic heterocycles. The molecule has 2 rings (SSSR count). The second-order valence-electron chi connectivity index (χ2n) is 3.39. The van der Waals surface area contributed by atoms with Gasteiger partial charge in [-0.3, -0.25) is 10.6 Å². The first kappa shape index (κ1) is 12.6. The number of benzene rings is 1. The van der Waals surface area contributed by atoms with E-state index in [0.29, 0.717) is 15.5 Å². The van der Waals surface area contributed by atoms with Gasteiger partial charge in [0.05, 0.1) is 5.56 Å². The summed E-state index contributed by atoms with van der Waals surface area (Å²) in [6.07, 6.45) is 0. The topological polar surface area (TPSA) is 66.3 Å². The van der Waals surface area contributed by atoms with Gasteiger partial charge in [-0.15, -0.1) is 11.3 Å². The Morgan fingerprint density at radius 2 is 2.00 bits per heavy atom. The first-order valence-electron chi connectivity index (χ1n) is 5.06. The molecule has 0 unspecified atom stereocenters. The van der Waals surface area contributed by atoms with Crippen LogP contribution in [0.4, 0.5) is 0 Å². The Bertz CT molecular complexity index is 564. The lowest BCUT2D eigenvalue weighted by atomic mass is 10.2. The van der Waals surface area contributed by atoms with E-state index in [9.17, 15) is 4.79 Å². The summed E-state index contributed by atoms with van der Waals surface area (Å²) < 4.78 is 0. The molecule has 0 atom stereocenters. The van der Waals surface area contributed by atoms with E-state index in [1.807, 2.05) is 0 Å². The lowest BCUT2D eigenvalue weighted by molar-refractivity contribution is -0.721. The number of hydrogen-bond donors (Lipinski definition) is 2. The number of amidine groups is 1. The maximum atomic E-state index is 11.5. The molecule has 0 bridgehead atoms. The molecule has 1 heterocycles. The van der Waals surface area contributed by atoms with Crippen LogP contribution in [-0.4, -0.2) is 11.8 Å². The van der Waals surface area contributed by atoms with E-state index in [0.717, 1.165) is 0 Å². The Morgan fingerprint density at radius 3 is 2.61 bits per heavy atom. The smallest absolute Gasteiger partial charge is 0.284 e.